The molecule has 2 unspecified atom stereocenters. The van der Waals surface area contributed by atoms with Crippen LogP contribution in [0.1, 0.15) is 52.4 Å². The third-order valence-corrected chi connectivity index (χ3v) is 3.36. The van der Waals surface area contributed by atoms with Gasteiger partial charge in [-0.3, -0.25) is 0 Å². The minimum Gasteiger partial charge on any atom is -0.395 e. The van der Waals surface area contributed by atoms with Gasteiger partial charge in [-0.1, -0.05) is 26.2 Å². The molecule has 1 aliphatic rings. The van der Waals surface area contributed by atoms with Gasteiger partial charge >= 0.3 is 0 Å². The van der Waals surface area contributed by atoms with Gasteiger partial charge in [0.25, 0.3) is 0 Å². The fraction of sp³-hybridized carbons (Fsp3) is 1.00. The first-order chi connectivity index (χ1) is 6.77. The molecule has 1 rings (SSSR count). The Morgan fingerprint density at radius 3 is 2.86 bits per heavy atom. The smallest absolute Gasteiger partial charge is 0.0582 e. The zero-order chi connectivity index (χ0) is 10.4. The van der Waals surface area contributed by atoms with Crippen LogP contribution in [-0.4, -0.2) is 23.8 Å². The van der Waals surface area contributed by atoms with E-state index in [0.29, 0.717) is 6.04 Å². The van der Waals surface area contributed by atoms with Crippen LogP contribution < -0.4 is 5.32 Å². The normalized spacial score (nSPS) is 29.4. The van der Waals surface area contributed by atoms with Crippen LogP contribution in [0.2, 0.25) is 0 Å². The summed E-state index contributed by atoms with van der Waals surface area (Å²) in [5.74, 6) is 0.865. The van der Waals surface area contributed by atoms with Gasteiger partial charge in [-0.2, -0.15) is 0 Å². The van der Waals surface area contributed by atoms with Gasteiger partial charge in [0.05, 0.1) is 6.61 Å². The average Bonchev–Trinajstić information content (AvgIpc) is 2.62. The van der Waals surface area contributed by atoms with Gasteiger partial charge < -0.3 is 10.4 Å². The second-order valence-corrected chi connectivity index (χ2v) is 4.69. The minimum atomic E-state index is 0.261. The SMILES string of the molecule is CCCCC1CCCC1N[C@H](C)CO. The molecular formula is C12H25NO. The van der Waals surface area contributed by atoms with E-state index in [0.717, 1.165) is 5.92 Å². The predicted octanol–water partition coefficient (Wildman–Crippen LogP) is 2.32. The molecule has 0 saturated heterocycles. The van der Waals surface area contributed by atoms with Crippen LogP contribution in [0.5, 0.6) is 0 Å². The highest BCUT2D eigenvalue weighted by Crippen LogP contribution is 2.30. The molecule has 1 aliphatic carbocycles. The summed E-state index contributed by atoms with van der Waals surface area (Å²) < 4.78 is 0. The summed E-state index contributed by atoms with van der Waals surface area (Å²) >= 11 is 0. The van der Waals surface area contributed by atoms with E-state index in [1.165, 1.54) is 38.5 Å². The molecule has 0 radical (unpaired) electrons. The first kappa shape index (κ1) is 12.0. The monoisotopic (exact) mass is 199 g/mol. The van der Waals surface area contributed by atoms with Crippen molar-refractivity contribution in [2.24, 2.45) is 5.92 Å². The van der Waals surface area contributed by atoms with Crippen molar-refractivity contribution < 1.29 is 5.11 Å². The van der Waals surface area contributed by atoms with E-state index >= 15 is 0 Å². The van der Waals surface area contributed by atoms with Gasteiger partial charge in [0.2, 0.25) is 0 Å². The molecule has 0 aromatic carbocycles. The highest BCUT2D eigenvalue weighted by Gasteiger charge is 2.27. The maximum atomic E-state index is 8.99. The van der Waals surface area contributed by atoms with Crippen LogP contribution in [0.4, 0.5) is 0 Å². The van der Waals surface area contributed by atoms with Gasteiger partial charge in [-0.25, -0.2) is 0 Å². The number of hydrogen-bond donors (Lipinski definition) is 2. The molecule has 1 saturated carbocycles. The van der Waals surface area contributed by atoms with E-state index in [1.807, 2.05) is 0 Å². The van der Waals surface area contributed by atoms with Crippen molar-refractivity contribution in [2.45, 2.75) is 64.5 Å². The molecular weight excluding hydrogens is 174 g/mol. The molecule has 0 aliphatic heterocycles. The largest absolute Gasteiger partial charge is 0.395 e. The first-order valence-corrected chi connectivity index (χ1v) is 6.14. The van der Waals surface area contributed by atoms with E-state index < -0.39 is 0 Å². The highest BCUT2D eigenvalue weighted by molar-refractivity contribution is 4.84. The molecule has 0 bridgehead atoms. The molecule has 2 heteroatoms. The van der Waals surface area contributed by atoms with Crippen LogP contribution in [0.25, 0.3) is 0 Å². The van der Waals surface area contributed by atoms with Gasteiger partial charge in [0.1, 0.15) is 0 Å². The molecule has 0 aromatic rings. The minimum absolute atomic E-state index is 0.261. The third kappa shape index (κ3) is 3.58. The summed E-state index contributed by atoms with van der Waals surface area (Å²) in [4.78, 5) is 0. The summed E-state index contributed by atoms with van der Waals surface area (Å²) in [5, 5.41) is 12.5. The van der Waals surface area contributed by atoms with Gasteiger partial charge in [-0.05, 0) is 32.1 Å². The predicted molar refractivity (Wildman–Crippen MR) is 60.3 cm³/mol. The Kier molecular flexibility index (Phi) is 5.49. The molecule has 1 fully saturated rings. The fourth-order valence-corrected chi connectivity index (χ4v) is 2.49. The Bertz CT molecular complexity index is 149. The van der Waals surface area contributed by atoms with Crippen molar-refractivity contribution >= 4 is 0 Å². The Hall–Kier alpha value is -0.0800. The quantitative estimate of drug-likeness (QED) is 0.688. The van der Waals surface area contributed by atoms with Crippen molar-refractivity contribution in [3.8, 4) is 0 Å². The van der Waals surface area contributed by atoms with Crippen LogP contribution in [0, 0.1) is 5.92 Å². The Balaban J connectivity index is 2.27. The zero-order valence-electron chi connectivity index (χ0n) is 9.63. The second kappa shape index (κ2) is 6.41. The van der Waals surface area contributed by atoms with Gasteiger partial charge in [-0.15, -0.1) is 0 Å². The van der Waals surface area contributed by atoms with Crippen molar-refractivity contribution in [2.75, 3.05) is 6.61 Å². The summed E-state index contributed by atoms with van der Waals surface area (Å²) in [6, 6.07) is 0.936. The lowest BCUT2D eigenvalue weighted by atomic mass is 9.96. The molecule has 2 nitrogen and oxygen atoms in total. The molecule has 2 N–H and O–H groups in total. The molecule has 14 heavy (non-hydrogen) atoms. The molecule has 3 atom stereocenters. The highest BCUT2D eigenvalue weighted by atomic mass is 16.3. The van der Waals surface area contributed by atoms with Crippen molar-refractivity contribution in [3.63, 3.8) is 0 Å². The maximum absolute atomic E-state index is 8.99. The summed E-state index contributed by atoms with van der Waals surface area (Å²) in [6.07, 6.45) is 8.08. The van der Waals surface area contributed by atoms with Crippen molar-refractivity contribution in [1.29, 1.82) is 0 Å². The van der Waals surface area contributed by atoms with E-state index in [2.05, 4.69) is 19.2 Å². The number of unbranched alkanes of at least 4 members (excludes halogenated alkanes) is 1. The van der Waals surface area contributed by atoms with E-state index in [9.17, 15) is 0 Å². The Morgan fingerprint density at radius 1 is 1.43 bits per heavy atom. The molecule has 0 heterocycles. The van der Waals surface area contributed by atoms with E-state index in [-0.39, 0.29) is 12.6 Å². The molecule has 0 spiro atoms. The average molecular weight is 199 g/mol. The lowest BCUT2D eigenvalue weighted by molar-refractivity contribution is 0.227. The second-order valence-electron chi connectivity index (χ2n) is 4.69. The summed E-state index contributed by atoms with van der Waals surface area (Å²) in [7, 11) is 0. The standard InChI is InChI=1S/C12H25NO/c1-3-4-6-11-7-5-8-12(11)13-10(2)9-14/h10-14H,3-9H2,1-2H3/t10-,11?,12?/m1/s1. The molecule has 0 amide bonds. The Morgan fingerprint density at radius 2 is 2.21 bits per heavy atom. The topological polar surface area (TPSA) is 32.3 Å². The van der Waals surface area contributed by atoms with Crippen molar-refractivity contribution in [3.05, 3.63) is 0 Å². The van der Waals surface area contributed by atoms with E-state index in [1.54, 1.807) is 0 Å². The number of nitrogens with one attached hydrogen (secondary N) is 1. The molecule has 0 aromatic heterocycles. The van der Waals surface area contributed by atoms with Gasteiger partial charge in [0.15, 0.2) is 0 Å². The van der Waals surface area contributed by atoms with Crippen LogP contribution in [-0.2, 0) is 0 Å². The molecule has 84 valence electrons. The number of aliphatic hydroxyl groups is 1. The zero-order valence-corrected chi connectivity index (χ0v) is 9.63. The lowest BCUT2D eigenvalue weighted by Crippen LogP contribution is -2.40. The summed E-state index contributed by atoms with van der Waals surface area (Å²) in [6.45, 7) is 4.58. The van der Waals surface area contributed by atoms with E-state index in [4.69, 9.17) is 5.11 Å². The third-order valence-electron chi connectivity index (χ3n) is 3.36. The maximum Gasteiger partial charge on any atom is 0.0582 e. The van der Waals surface area contributed by atoms with Crippen LogP contribution in [0.3, 0.4) is 0 Å². The van der Waals surface area contributed by atoms with Gasteiger partial charge in [0, 0.05) is 12.1 Å². The first-order valence-electron chi connectivity index (χ1n) is 6.14. The van der Waals surface area contributed by atoms with Crippen molar-refractivity contribution in [1.82, 2.24) is 5.32 Å². The Labute approximate surface area is 88.1 Å². The fourth-order valence-electron chi connectivity index (χ4n) is 2.49. The number of hydrogen-bond acceptors (Lipinski definition) is 2. The van der Waals surface area contributed by atoms with Crippen LogP contribution >= 0.6 is 0 Å². The number of aliphatic hydroxyl groups excluding tert-OH is 1. The number of rotatable bonds is 6. The lowest BCUT2D eigenvalue weighted by Gasteiger charge is -2.24. The van der Waals surface area contributed by atoms with Crippen LogP contribution in [0.15, 0.2) is 0 Å². The summed E-state index contributed by atoms with van der Waals surface area (Å²) in [5.41, 5.74) is 0.